The fourth-order valence-corrected chi connectivity index (χ4v) is 2.24. The predicted octanol–water partition coefficient (Wildman–Crippen LogP) is 1.41. The van der Waals surface area contributed by atoms with Gasteiger partial charge in [0, 0.05) is 13.1 Å². The minimum atomic E-state index is 0.787. The number of anilines is 1. The van der Waals surface area contributed by atoms with E-state index in [0.717, 1.165) is 32.0 Å². The van der Waals surface area contributed by atoms with E-state index >= 15 is 0 Å². The molecule has 1 fully saturated rings. The molecule has 1 aliphatic heterocycles. The smallest absolute Gasteiger partial charge is 0.123 e. The maximum atomic E-state index is 5.40. The zero-order valence-electron chi connectivity index (χ0n) is 10.4. The van der Waals surface area contributed by atoms with E-state index in [9.17, 15) is 0 Å². The Balaban J connectivity index is 2.02. The number of hydrogen-bond acceptors (Lipinski definition) is 4. The largest absolute Gasteiger partial charge is 0.378 e. The van der Waals surface area contributed by atoms with E-state index in [1.807, 2.05) is 4.57 Å². The van der Waals surface area contributed by atoms with Crippen molar-refractivity contribution in [2.45, 2.75) is 6.92 Å². The Hall–Kier alpha value is -1.88. The van der Waals surface area contributed by atoms with Gasteiger partial charge in [0.1, 0.15) is 12.7 Å². The number of hydrogen-bond donors (Lipinski definition) is 0. The average molecular weight is 244 g/mol. The number of morpholine rings is 1. The number of benzene rings is 1. The highest BCUT2D eigenvalue weighted by Gasteiger charge is 2.15. The van der Waals surface area contributed by atoms with E-state index in [4.69, 9.17) is 4.74 Å². The molecule has 2 heterocycles. The van der Waals surface area contributed by atoms with Crippen molar-refractivity contribution in [1.29, 1.82) is 0 Å². The molecule has 1 aromatic heterocycles. The monoisotopic (exact) mass is 244 g/mol. The van der Waals surface area contributed by atoms with Crippen molar-refractivity contribution in [3.8, 4) is 5.69 Å². The zero-order valence-corrected chi connectivity index (χ0v) is 10.4. The van der Waals surface area contributed by atoms with Crippen LogP contribution in [-0.4, -0.2) is 41.1 Å². The van der Waals surface area contributed by atoms with Crippen molar-refractivity contribution in [1.82, 2.24) is 14.8 Å². The minimum absolute atomic E-state index is 0.787. The Morgan fingerprint density at radius 2 is 1.78 bits per heavy atom. The average Bonchev–Trinajstić information content (AvgIpc) is 2.93. The lowest BCUT2D eigenvalue weighted by atomic mass is 10.1. The second-order valence-electron chi connectivity index (χ2n) is 4.46. The molecular weight excluding hydrogens is 228 g/mol. The molecule has 3 rings (SSSR count). The first kappa shape index (κ1) is 11.2. The lowest BCUT2D eigenvalue weighted by Gasteiger charge is -2.30. The number of aryl methyl sites for hydroxylation is 1. The van der Waals surface area contributed by atoms with Gasteiger partial charge < -0.3 is 9.64 Å². The third-order valence-corrected chi connectivity index (χ3v) is 3.18. The van der Waals surface area contributed by atoms with E-state index in [-0.39, 0.29) is 0 Å². The maximum Gasteiger partial charge on any atom is 0.123 e. The normalized spacial score (nSPS) is 15.9. The van der Waals surface area contributed by atoms with Crippen LogP contribution in [0.5, 0.6) is 0 Å². The summed E-state index contributed by atoms with van der Waals surface area (Å²) in [5.41, 5.74) is 3.57. The van der Waals surface area contributed by atoms with Gasteiger partial charge in [0.15, 0.2) is 0 Å². The van der Waals surface area contributed by atoms with Crippen molar-refractivity contribution in [3.63, 3.8) is 0 Å². The highest BCUT2D eigenvalue weighted by molar-refractivity contribution is 5.64. The van der Waals surface area contributed by atoms with Gasteiger partial charge in [-0.15, -0.1) is 10.2 Å². The van der Waals surface area contributed by atoms with Crippen molar-refractivity contribution in [3.05, 3.63) is 36.4 Å². The molecule has 1 aliphatic rings. The van der Waals surface area contributed by atoms with Crippen LogP contribution in [0.3, 0.4) is 0 Å². The van der Waals surface area contributed by atoms with Crippen LogP contribution >= 0.6 is 0 Å². The molecule has 0 N–H and O–H groups in total. The molecule has 0 saturated carbocycles. The van der Waals surface area contributed by atoms with E-state index in [0.29, 0.717) is 0 Å². The summed E-state index contributed by atoms with van der Waals surface area (Å²) in [5, 5.41) is 7.77. The zero-order chi connectivity index (χ0) is 12.4. The number of rotatable bonds is 2. The summed E-state index contributed by atoms with van der Waals surface area (Å²) < 4.78 is 7.36. The second kappa shape index (κ2) is 4.78. The van der Waals surface area contributed by atoms with Crippen LogP contribution in [0.25, 0.3) is 5.69 Å². The molecule has 18 heavy (non-hydrogen) atoms. The van der Waals surface area contributed by atoms with Gasteiger partial charge in [-0.05, 0) is 24.6 Å². The van der Waals surface area contributed by atoms with E-state index in [2.05, 4.69) is 40.2 Å². The first-order valence-electron chi connectivity index (χ1n) is 6.13. The Bertz CT molecular complexity index is 518. The van der Waals surface area contributed by atoms with Crippen molar-refractivity contribution >= 4 is 5.69 Å². The quantitative estimate of drug-likeness (QED) is 0.801. The lowest BCUT2D eigenvalue weighted by Crippen LogP contribution is -2.36. The van der Waals surface area contributed by atoms with Crippen LogP contribution < -0.4 is 4.90 Å². The topological polar surface area (TPSA) is 43.2 Å². The molecule has 0 amide bonds. The predicted molar refractivity (Wildman–Crippen MR) is 69.1 cm³/mol. The van der Waals surface area contributed by atoms with Crippen LogP contribution in [0.1, 0.15) is 5.56 Å². The van der Waals surface area contributed by atoms with Gasteiger partial charge in [0.05, 0.1) is 24.6 Å². The fourth-order valence-electron chi connectivity index (χ4n) is 2.24. The summed E-state index contributed by atoms with van der Waals surface area (Å²) in [4.78, 5) is 2.35. The summed E-state index contributed by atoms with van der Waals surface area (Å²) in [6, 6.07) is 6.46. The molecule has 2 aromatic rings. The Labute approximate surface area is 106 Å². The standard InChI is InChI=1S/C13H16N4O/c1-11-2-3-12(16-4-6-18-7-5-16)13(8-11)17-9-14-15-10-17/h2-3,8-10H,4-7H2,1H3. The summed E-state index contributed by atoms with van der Waals surface area (Å²) in [5.74, 6) is 0. The molecule has 0 radical (unpaired) electrons. The molecule has 5 nitrogen and oxygen atoms in total. The van der Waals surface area contributed by atoms with E-state index in [1.165, 1.54) is 11.3 Å². The van der Waals surface area contributed by atoms with Gasteiger partial charge in [-0.2, -0.15) is 0 Å². The molecule has 0 aliphatic carbocycles. The van der Waals surface area contributed by atoms with Crippen LogP contribution in [-0.2, 0) is 4.74 Å². The second-order valence-corrected chi connectivity index (χ2v) is 4.46. The third-order valence-electron chi connectivity index (χ3n) is 3.18. The van der Waals surface area contributed by atoms with Crippen LogP contribution in [0.15, 0.2) is 30.9 Å². The maximum absolute atomic E-state index is 5.40. The van der Waals surface area contributed by atoms with Gasteiger partial charge in [0.25, 0.3) is 0 Å². The summed E-state index contributed by atoms with van der Waals surface area (Å²) in [7, 11) is 0. The van der Waals surface area contributed by atoms with Gasteiger partial charge in [-0.25, -0.2) is 0 Å². The summed E-state index contributed by atoms with van der Waals surface area (Å²) in [6.45, 7) is 5.53. The molecule has 1 aromatic carbocycles. The molecule has 0 atom stereocenters. The van der Waals surface area contributed by atoms with E-state index < -0.39 is 0 Å². The van der Waals surface area contributed by atoms with Gasteiger partial charge in [0.2, 0.25) is 0 Å². The molecule has 94 valence electrons. The first-order valence-corrected chi connectivity index (χ1v) is 6.13. The van der Waals surface area contributed by atoms with E-state index in [1.54, 1.807) is 12.7 Å². The summed E-state index contributed by atoms with van der Waals surface area (Å²) in [6.07, 6.45) is 3.47. The van der Waals surface area contributed by atoms with Crippen LogP contribution in [0.2, 0.25) is 0 Å². The van der Waals surface area contributed by atoms with Crippen molar-refractivity contribution < 1.29 is 4.74 Å². The molecular formula is C13H16N4O. The molecule has 0 spiro atoms. The van der Waals surface area contributed by atoms with Gasteiger partial charge >= 0.3 is 0 Å². The van der Waals surface area contributed by atoms with Crippen molar-refractivity contribution in [2.75, 3.05) is 31.2 Å². The Kier molecular flexibility index (Phi) is 2.98. The molecule has 0 bridgehead atoms. The third kappa shape index (κ3) is 2.09. The molecule has 5 heteroatoms. The Morgan fingerprint density at radius 3 is 2.50 bits per heavy atom. The van der Waals surface area contributed by atoms with Gasteiger partial charge in [-0.1, -0.05) is 6.07 Å². The Morgan fingerprint density at radius 1 is 1.06 bits per heavy atom. The van der Waals surface area contributed by atoms with Gasteiger partial charge in [-0.3, -0.25) is 4.57 Å². The first-order chi connectivity index (χ1) is 8.84. The summed E-state index contributed by atoms with van der Waals surface area (Å²) >= 11 is 0. The molecule has 0 unspecified atom stereocenters. The number of nitrogens with zero attached hydrogens (tertiary/aromatic N) is 4. The van der Waals surface area contributed by atoms with Crippen LogP contribution in [0.4, 0.5) is 5.69 Å². The highest BCUT2D eigenvalue weighted by atomic mass is 16.5. The lowest BCUT2D eigenvalue weighted by molar-refractivity contribution is 0.122. The number of aromatic nitrogens is 3. The fraction of sp³-hybridized carbons (Fsp3) is 0.385. The van der Waals surface area contributed by atoms with Crippen LogP contribution in [0, 0.1) is 6.92 Å². The SMILES string of the molecule is Cc1ccc(N2CCOCC2)c(-n2cnnc2)c1. The molecule has 1 saturated heterocycles. The highest BCUT2D eigenvalue weighted by Crippen LogP contribution is 2.26. The minimum Gasteiger partial charge on any atom is -0.378 e. The van der Waals surface area contributed by atoms with Crippen molar-refractivity contribution in [2.24, 2.45) is 0 Å². The number of ether oxygens (including phenoxy) is 1.